The van der Waals surface area contributed by atoms with Crippen LogP contribution in [0.15, 0.2) is 48.5 Å². The maximum absolute atomic E-state index is 13.6. The van der Waals surface area contributed by atoms with Crippen LogP contribution in [-0.2, 0) is 14.4 Å². The summed E-state index contributed by atoms with van der Waals surface area (Å²) in [5.74, 6) is -2.14. The van der Waals surface area contributed by atoms with E-state index in [1.807, 2.05) is 37.3 Å². The van der Waals surface area contributed by atoms with Gasteiger partial charge in [-0.2, -0.15) is 0 Å². The highest BCUT2D eigenvalue weighted by Crippen LogP contribution is 2.47. The third-order valence-corrected chi connectivity index (χ3v) is 6.63. The number of piperidine rings is 1. The maximum atomic E-state index is 13.6. The first-order valence-electron chi connectivity index (χ1n) is 11.0. The van der Waals surface area contributed by atoms with Gasteiger partial charge in [0.2, 0.25) is 11.8 Å². The van der Waals surface area contributed by atoms with Crippen LogP contribution >= 0.6 is 23.2 Å². The predicted octanol–water partition coefficient (Wildman–Crippen LogP) is 5.06. The highest BCUT2D eigenvalue weighted by atomic mass is 35.5. The fourth-order valence-corrected chi connectivity index (χ4v) is 4.98. The lowest BCUT2D eigenvalue weighted by atomic mass is 9.74. The molecule has 33 heavy (non-hydrogen) atoms. The van der Waals surface area contributed by atoms with Gasteiger partial charge in [0.15, 0.2) is 0 Å². The summed E-state index contributed by atoms with van der Waals surface area (Å²) in [4.78, 5) is 38.3. The number of amides is 2. The second kappa shape index (κ2) is 11.0. The standard InChI is InChI=1S/C25H28Cl2N2O4/c1-15(10-11-28-16(2)30)29-24(17-6-8-20(26)9-7-17)22(18-4-3-5-21(27)12-18)13-19(25(29)33)14-23(31)32/h3-9,12,15,19,22,24H,10-11,13-14H2,1-2H3,(H,28,30)(H,31,32)/t15-,19?,22?,24?/m0/s1. The van der Waals surface area contributed by atoms with Gasteiger partial charge in [-0.05, 0) is 55.2 Å². The number of nitrogens with one attached hydrogen (secondary N) is 1. The van der Waals surface area contributed by atoms with Crippen LogP contribution in [0.4, 0.5) is 0 Å². The van der Waals surface area contributed by atoms with Crippen molar-refractivity contribution < 1.29 is 19.5 Å². The first-order valence-corrected chi connectivity index (χ1v) is 11.7. The van der Waals surface area contributed by atoms with Gasteiger partial charge in [0.1, 0.15) is 0 Å². The van der Waals surface area contributed by atoms with Crippen molar-refractivity contribution in [1.82, 2.24) is 10.2 Å². The van der Waals surface area contributed by atoms with Gasteiger partial charge in [-0.25, -0.2) is 0 Å². The Hall–Kier alpha value is -2.57. The molecule has 1 heterocycles. The third-order valence-electron chi connectivity index (χ3n) is 6.14. The zero-order valence-electron chi connectivity index (χ0n) is 18.6. The number of benzene rings is 2. The molecular weight excluding hydrogens is 463 g/mol. The molecule has 0 aliphatic carbocycles. The number of hydrogen-bond donors (Lipinski definition) is 2. The average molecular weight is 491 g/mol. The highest BCUT2D eigenvalue weighted by molar-refractivity contribution is 6.30. The lowest BCUT2D eigenvalue weighted by Crippen LogP contribution is -2.51. The van der Waals surface area contributed by atoms with E-state index in [0.29, 0.717) is 29.4 Å². The Morgan fingerprint density at radius 3 is 2.42 bits per heavy atom. The molecule has 0 bridgehead atoms. The van der Waals surface area contributed by atoms with E-state index >= 15 is 0 Å². The van der Waals surface area contributed by atoms with Gasteiger partial charge in [-0.15, -0.1) is 0 Å². The summed E-state index contributed by atoms with van der Waals surface area (Å²) in [6.45, 7) is 3.80. The van der Waals surface area contributed by atoms with Gasteiger partial charge in [-0.1, -0.05) is 47.5 Å². The van der Waals surface area contributed by atoms with Gasteiger partial charge in [0, 0.05) is 41.4 Å². The monoisotopic (exact) mass is 490 g/mol. The quantitative estimate of drug-likeness (QED) is 0.541. The molecule has 176 valence electrons. The summed E-state index contributed by atoms with van der Waals surface area (Å²) in [7, 11) is 0. The van der Waals surface area contributed by atoms with Crippen molar-refractivity contribution in [2.45, 2.75) is 51.1 Å². The molecule has 1 aliphatic heterocycles. The van der Waals surface area contributed by atoms with Crippen LogP contribution < -0.4 is 5.32 Å². The van der Waals surface area contributed by atoms with Crippen molar-refractivity contribution in [3.05, 3.63) is 69.7 Å². The largest absolute Gasteiger partial charge is 0.481 e. The van der Waals surface area contributed by atoms with Gasteiger partial charge < -0.3 is 15.3 Å². The summed E-state index contributed by atoms with van der Waals surface area (Å²) >= 11 is 12.4. The van der Waals surface area contributed by atoms with Crippen molar-refractivity contribution in [3.8, 4) is 0 Å². The second-order valence-electron chi connectivity index (χ2n) is 8.55. The molecule has 0 saturated carbocycles. The molecule has 3 rings (SSSR count). The van der Waals surface area contributed by atoms with E-state index in [0.717, 1.165) is 11.1 Å². The third kappa shape index (κ3) is 6.27. The van der Waals surface area contributed by atoms with E-state index < -0.39 is 11.9 Å². The van der Waals surface area contributed by atoms with Crippen LogP contribution in [0.5, 0.6) is 0 Å². The fourth-order valence-electron chi connectivity index (χ4n) is 4.66. The molecule has 1 fully saturated rings. The molecule has 2 N–H and O–H groups in total. The Bertz CT molecular complexity index is 1010. The van der Waals surface area contributed by atoms with Crippen molar-refractivity contribution in [1.29, 1.82) is 0 Å². The number of carbonyl (C=O) groups excluding carboxylic acids is 2. The first-order chi connectivity index (χ1) is 15.7. The predicted molar refractivity (Wildman–Crippen MR) is 128 cm³/mol. The number of likely N-dealkylation sites (tertiary alicyclic amines) is 1. The van der Waals surface area contributed by atoms with E-state index in [4.69, 9.17) is 23.2 Å². The van der Waals surface area contributed by atoms with E-state index in [2.05, 4.69) is 5.32 Å². The molecule has 0 spiro atoms. The summed E-state index contributed by atoms with van der Waals surface area (Å²) in [6, 6.07) is 14.3. The second-order valence-corrected chi connectivity index (χ2v) is 9.43. The van der Waals surface area contributed by atoms with Gasteiger partial charge in [0.05, 0.1) is 12.5 Å². The molecule has 2 aromatic carbocycles. The fraction of sp³-hybridized carbons (Fsp3) is 0.400. The van der Waals surface area contributed by atoms with Crippen LogP contribution in [0.2, 0.25) is 10.0 Å². The van der Waals surface area contributed by atoms with Crippen molar-refractivity contribution in [2.24, 2.45) is 5.92 Å². The topological polar surface area (TPSA) is 86.7 Å². The molecule has 8 heteroatoms. The van der Waals surface area contributed by atoms with E-state index in [1.54, 1.807) is 23.1 Å². The lowest BCUT2D eigenvalue weighted by Gasteiger charge is -2.47. The number of carboxylic acids is 1. The lowest BCUT2D eigenvalue weighted by molar-refractivity contribution is -0.152. The molecule has 2 aromatic rings. The van der Waals surface area contributed by atoms with Crippen molar-refractivity contribution in [3.63, 3.8) is 0 Å². The minimum atomic E-state index is -1.01. The highest BCUT2D eigenvalue weighted by Gasteiger charge is 2.45. The number of carboxylic acid groups (broad SMARTS) is 1. The molecule has 2 amide bonds. The minimum Gasteiger partial charge on any atom is -0.481 e. The van der Waals surface area contributed by atoms with E-state index in [-0.39, 0.29) is 36.2 Å². The summed E-state index contributed by atoms with van der Waals surface area (Å²) in [6.07, 6.45) is 0.698. The van der Waals surface area contributed by atoms with Crippen molar-refractivity contribution in [2.75, 3.05) is 6.54 Å². The molecule has 1 saturated heterocycles. The number of hydrogen-bond acceptors (Lipinski definition) is 3. The molecule has 1 aliphatic rings. The Morgan fingerprint density at radius 2 is 1.82 bits per heavy atom. The zero-order valence-corrected chi connectivity index (χ0v) is 20.1. The Labute approximate surface area is 203 Å². The van der Waals surface area contributed by atoms with Crippen LogP contribution in [0, 0.1) is 5.92 Å². The van der Waals surface area contributed by atoms with Gasteiger partial charge in [0.25, 0.3) is 0 Å². The van der Waals surface area contributed by atoms with Crippen LogP contribution in [0.3, 0.4) is 0 Å². The van der Waals surface area contributed by atoms with Crippen LogP contribution in [0.25, 0.3) is 0 Å². The van der Waals surface area contributed by atoms with Crippen LogP contribution in [-0.4, -0.2) is 40.4 Å². The van der Waals surface area contributed by atoms with Gasteiger partial charge in [-0.3, -0.25) is 14.4 Å². The van der Waals surface area contributed by atoms with Crippen molar-refractivity contribution >= 4 is 41.0 Å². The molecule has 0 radical (unpaired) electrons. The maximum Gasteiger partial charge on any atom is 0.304 e. The Kier molecular flexibility index (Phi) is 8.38. The Balaban J connectivity index is 2.07. The number of rotatable bonds is 8. The molecule has 6 nitrogen and oxygen atoms in total. The molecule has 0 aromatic heterocycles. The normalized spacial score (nSPS) is 21.5. The number of carbonyl (C=O) groups is 3. The van der Waals surface area contributed by atoms with E-state index in [9.17, 15) is 19.5 Å². The summed E-state index contributed by atoms with van der Waals surface area (Å²) < 4.78 is 0. The minimum absolute atomic E-state index is 0.137. The SMILES string of the molecule is CC(=O)NCC[C@H](C)N1C(=O)C(CC(=O)O)CC(c2cccc(Cl)c2)C1c1ccc(Cl)cc1. The van der Waals surface area contributed by atoms with E-state index in [1.165, 1.54) is 6.92 Å². The molecule has 4 atom stereocenters. The average Bonchev–Trinajstić information content (AvgIpc) is 2.74. The first kappa shape index (κ1) is 25.1. The Morgan fingerprint density at radius 1 is 1.12 bits per heavy atom. The number of halogens is 2. The zero-order chi connectivity index (χ0) is 24.1. The molecular formula is C25H28Cl2N2O4. The number of nitrogens with zero attached hydrogens (tertiary/aromatic N) is 1. The molecule has 3 unspecified atom stereocenters. The number of aliphatic carboxylic acids is 1. The van der Waals surface area contributed by atoms with Gasteiger partial charge >= 0.3 is 5.97 Å². The summed E-state index contributed by atoms with van der Waals surface area (Å²) in [5, 5.41) is 13.4. The summed E-state index contributed by atoms with van der Waals surface area (Å²) in [5.41, 5.74) is 1.86. The smallest absolute Gasteiger partial charge is 0.304 e. The van der Waals surface area contributed by atoms with Crippen LogP contribution in [0.1, 0.15) is 56.2 Å².